The molecule has 1 rings (SSSR count). The van der Waals surface area contributed by atoms with E-state index in [2.05, 4.69) is 15.5 Å². The van der Waals surface area contributed by atoms with Gasteiger partial charge in [-0.2, -0.15) is 4.98 Å². The van der Waals surface area contributed by atoms with E-state index < -0.39 is 0 Å². The lowest BCUT2D eigenvalue weighted by molar-refractivity contribution is -0.119. The van der Waals surface area contributed by atoms with E-state index in [9.17, 15) is 0 Å². The van der Waals surface area contributed by atoms with Gasteiger partial charge in [0.1, 0.15) is 0 Å². The number of aromatic nitrogens is 2. The minimum absolute atomic E-state index is 0.114. The van der Waals surface area contributed by atoms with Crippen LogP contribution in [0.4, 0.5) is 0 Å². The Hall–Kier alpha value is -0.980. The maximum atomic E-state index is 5.11. The molecule has 0 saturated carbocycles. The van der Waals surface area contributed by atoms with Gasteiger partial charge in [0.2, 0.25) is 5.89 Å². The van der Waals surface area contributed by atoms with Crippen molar-refractivity contribution in [3.8, 4) is 0 Å². The van der Waals surface area contributed by atoms with E-state index in [0.29, 0.717) is 12.3 Å². The van der Waals surface area contributed by atoms with Gasteiger partial charge in [-0.3, -0.25) is 0 Å². The Labute approximate surface area is 88.9 Å². The van der Waals surface area contributed by atoms with Crippen molar-refractivity contribution in [3.05, 3.63) is 12.2 Å². The van der Waals surface area contributed by atoms with Gasteiger partial charge in [-0.15, -0.1) is 0 Å². The molecule has 6 nitrogen and oxygen atoms in total. The minimum Gasteiger partial charge on any atom is -0.354 e. The Bertz CT molecular complexity index is 249. The second kappa shape index (κ2) is 6.49. The quantitative estimate of drug-likeness (QED) is 0.656. The molecule has 0 aliphatic rings. The molecular weight excluding hydrogens is 198 g/mol. The lowest BCUT2D eigenvalue weighted by Gasteiger charge is -2.21. The molecule has 1 unspecified atom stereocenters. The van der Waals surface area contributed by atoms with Crippen LogP contribution in [0.3, 0.4) is 0 Å². The molecule has 1 heterocycles. The summed E-state index contributed by atoms with van der Waals surface area (Å²) in [5, 5.41) is 6.77. The third-order valence-electron chi connectivity index (χ3n) is 2.08. The molecule has 0 amide bonds. The molecule has 0 aromatic carbocycles. The first kappa shape index (κ1) is 12.1. The Morgan fingerprint density at radius 2 is 2.20 bits per heavy atom. The third kappa shape index (κ3) is 3.94. The summed E-state index contributed by atoms with van der Waals surface area (Å²) in [6.45, 7) is 2.73. The summed E-state index contributed by atoms with van der Waals surface area (Å²) in [6, 6.07) is 0.114. The van der Waals surface area contributed by atoms with Crippen molar-refractivity contribution in [1.29, 1.82) is 0 Å². The molecule has 1 atom stereocenters. The van der Waals surface area contributed by atoms with Crippen LogP contribution in [0, 0.1) is 0 Å². The zero-order chi connectivity index (χ0) is 11.1. The van der Waals surface area contributed by atoms with E-state index in [4.69, 9.17) is 14.0 Å². The van der Waals surface area contributed by atoms with Crippen LogP contribution < -0.4 is 5.32 Å². The summed E-state index contributed by atoms with van der Waals surface area (Å²) in [7, 11) is 3.23. The molecule has 1 N–H and O–H groups in total. The SMILES string of the molecule is COC(OC)C(C)NCCc1ncno1. The van der Waals surface area contributed by atoms with Crippen LogP contribution in [0.25, 0.3) is 0 Å². The van der Waals surface area contributed by atoms with Gasteiger partial charge in [-0.1, -0.05) is 5.16 Å². The highest BCUT2D eigenvalue weighted by atomic mass is 16.7. The summed E-state index contributed by atoms with van der Waals surface area (Å²) in [5.74, 6) is 0.626. The summed E-state index contributed by atoms with van der Waals surface area (Å²) in [5.41, 5.74) is 0. The lowest BCUT2D eigenvalue weighted by atomic mass is 10.3. The molecule has 0 spiro atoms. The fourth-order valence-electron chi connectivity index (χ4n) is 1.31. The van der Waals surface area contributed by atoms with Gasteiger partial charge in [-0.05, 0) is 6.92 Å². The average molecular weight is 215 g/mol. The van der Waals surface area contributed by atoms with Crippen LogP contribution >= 0.6 is 0 Å². The van der Waals surface area contributed by atoms with Crippen molar-refractivity contribution < 1.29 is 14.0 Å². The second-order valence-electron chi connectivity index (χ2n) is 3.17. The maximum Gasteiger partial charge on any atom is 0.227 e. The second-order valence-corrected chi connectivity index (χ2v) is 3.17. The molecular formula is C9H17N3O3. The van der Waals surface area contributed by atoms with Crippen molar-refractivity contribution in [3.63, 3.8) is 0 Å². The highest BCUT2D eigenvalue weighted by molar-refractivity contribution is 4.76. The number of methoxy groups -OCH3 is 2. The number of nitrogens with zero attached hydrogens (tertiary/aromatic N) is 2. The molecule has 1 aromatic heterocycles. The van der Waals surface area contributed by atoms with Crippen molar-refractivity contribution in [2.75, 3.05) is 20.8 Å². The molecule has 15 heavy (non-hydrogen) atoms. The molecule has 0 aliphatic carbocycles. The van der Waals surface area contributed by atoms with E-state index in [1.165, 1.54) is 6.33 Å². The Kier molecular flexibility index (Phi) is 5.23. The van der Waals surface area contributed by atoms with Gasteiger partial charge in [0, 0.05) is 27.2 Å². The predicted octanol–water partition coefficient (Wildman–Crippen LogP) is 0.209. The average Bonchev–Trinajstić information content (AvgIpc) is 2.72. The number of rotatable bonds is 7. The van der Waals surface area contributed by atoms with Gasteiger partial charge < -0.3 is 19.3 Å². The molecule has 1 aromatic rings. The van der Waals surface area contributed by atoms with E-state index in [1.54, 1.807) is 14.2 Å². The molecule has 6 heteroatoms. The van der Waals surface area contributed by atoms with E-state index >= 15 is 0 Å². The van der Waals surface area contributed by atoms with Crippen LogP contribution in [0.2, 0.25) is 0 Å². The first-order chi connectivity index (χ1) is 7.27. The van der Waals surface area contributed by atoms with E-state index in [1.807, 2.05) is 6.92 Å². The van der Waals surface area contributed by atoms with Crippen LogP contribution in [0.15, 0.2) is 10.9 Å². The standard InChI is InChI=1S/C9H17N3O3/c1-7(9(13-2)14-3)10-5-4-8-11-6-12-15-8/h6-7,9-10H,4-5H2,1-3H3. The monoisotopic (exact) mass is 215 g/mol. The largest absolute Gasteiger partial charge is 0.354 e. The fourth-order valence-corrected chi connectivity index (χ4v) is 1.31. The Balaban J connectivity index is 2.19. The first-order valence-corrected chi connectivity index (χ1v) is 4.82. The van der Waals surface area contributed by atoms with Crippen molar-refractivity contribution in [2.24, 2.45) is 0 Å². The molecule has 0 radical (unpaired) electrons. The van der Waals surface area contributed by atoms with Crippen molar-refractivity contribution >= 4 is 0 Å². The number of ether oxygens (including phenoxy) is 2. The van der Waals surface area contributed by atoms with E-state index in [0.717, 1.165) is 6.54 Å². The molecule has 86 valence electrons. The van der Waals surface area contributed by atoms with Gasteiger partial charge in [-0.25, -0.2) is 0 Å². The minimum atomic E-state index is -0.243. The predicted molar refractivity (Wildman–Crippen MR) is 53.3 cm³/mol. The van der Waals surface area contributed by atoms with Crippen LogP contribution in [0.5, 0.6) is 0 Å². The molecule has 0 fully saturated rings. The topological polar surface area (TPSA) is 69.4 Å². The summed E-state index contributed by atoms with van der Waals surface area (Å²) in [6.07, 6.45) is 1.85. The third-order valence-corrected chi connectivity index (χ3v) is 2.08. The molecule has 0 saturated heterocycles. The maximum absolute atomic E-state index is 5.11. The van der Waals surface area contributed by atoms with Gasteiger partial charge in [0.15, 0.2) is 12.6 Å². The fraction of sp³-hybridized carbons (Fsp3) is 0.778. The summed E-state index contributed by atoms with van der Waals surface area (Å²) in [4.78, 5) is 3.92. The Morgan fingerprint density at radius 1 is 1.47 bits per heavy atom. The summed E-state index contributed by atoms with van der Waals surface area (Å²) >= 11 is 0. The highest BCUT2D eigenvalue weighted by Gasteiger charge is 2.14. The van der Waals surface area contributed by atoms with Gasteiger partial charge >= 0.3 is 0 Å². The number of hydrogen-bond donors (Lipinski definition) is 1. The van der Waals surface area contributed by atoms with Crippen LogP contribution in [-0.2, 0) is 15.9 Å². The van der Waals surface area contributed by atoms with Crippen LogP contribution in [0.1, 0.15) is 12.8 Å². The normalized spacial score (nSPS) is 13.3. The summed E-state index contributed by atoms with van der Waals surface area (Å²) < 4.78 is 15.1. The zero-order valence-electron chi connectivity index (χ0n) is 9.27. The van der Waals surface area contributed by atoms with Crippen LogP contribution in [-0.4, -0.2) is 43.2 Å². The van der Waals surface area contributed by atoms with Crippen molar-refractivity contribution in [1.82, 2.24) is 15.5 Å². The molecule has 0 aliphatic heterocycles. The number of hydrogen-bond acceptors (Lipinski definition) is 6. The van der Waals surface area contributed by atoms with Gasteiger partial charge in [0.25, 0.3) is 0 Å². The smallest absolute Gasteiger partial charge is 0.227 e. The Morgan fingerprint density at radius 3 is 2.73 bits per heavy atom. The van der Waals surface area contributed by atoms with E-state index in [-0.39, 0.29) is 12.3 Å². The zero-order valence-corrected chi connectivity index (χ0v) is 9.27. The highest BCUT2D eigenvalue weighted by Crippen LogP contribution is 1.99. The first-order valence-electron chi connectivity index (χ1n) is 4.82. The number of nitrogens with one attached hydrogen (secondary N) is 1. The lowest BCUT2D eigenvalue weighted by Crippen LogP contribution is -2.40. The van der Waals surface area contributed by atoms with Gasteiger partial charge in [0.05, 0.1) is 6.04 Å². The molecule has 0 bridgehead atoms. The van der Waals surface area contributed by atoms with Crippen molar-refractivity contribution in [2.45, 2.75) is 25.7 Å².